The van der Waals surface area contributed by atoms with Gasteiger partial charge >= 0.3 is 0 Å². The number of oxazole rings is 1. The zero-order valence-electron chi connectivity index (χ0n) is 17.8. The number of aryl methyl sites for hydroxylation is 1. The Bertz CT molecular complexity index is 1190. The van der Waals surface area contributed by atoms with E-state index in [1.807, 2.05) is 6.92 Å². The number of H-pyrrole nitrogens is 1. The van der Waals surface area contributed by atoms with Crippen molar-refractivity contribution < 1.29 is 22.8 Å². The number of benzene rings is 1. The predicted molar refractivity (Wildman–Crippen MR) is 116 cm³/mol. The van der Waals surface area contributed by atoms with E-state index in [0.29, 0.717) is 23.8 Å². The van der Waals surface area contributed by atoms with E-state index in [2.05, 4.69) is 25.8 Å². The predicted octanol–water partition coefficient (Wildman–Crippen LogP) is 4.87. The third kappa shape index (κ3) is 5.22. The zero-order valence-corrected chi connectivity index (χ0v) is 18.6. The van der Waals surface area contributed by atoms with Crippen LogP contribution in [0, 0.1) is 18.6 Å². The van der Waals surface area contributed by atoms with Crippen LogP contribution in [0.5, 0.6) is 0 Å². The summed E-state index contributed by atoms with van der Waals surface area (Å²) >= 11 is 5.81. The van der Waals surface area contributed by atoms with Crippen LogP contribution in [0.2, 0.25) is 5.02 Å². The summed E-state index contributed by atoms with van der Waals surface area (Å²) in [6.45, 7) is 1.99. The van der Waals surface area contributed by atoms with Crippen molar-refractivity contribution >= 4 is 29.2 Å². The van der Waals surface area contributed by atoms with Crippen LogP contribution in [0.25, 0.3) is 0 Å². The van der Waals surface area contributed by atoms with Gasteiger partial charge in [0.05, 0.1) is 22.8 Å². The van der Waals surface area contributed by atoms with Crippen LogP contribution >= 0.6 is 11.6 Å². The molecule has 174 valence electrons. The molecule has 1 aromatic carbocycles. The monoisotopic (exact) mass is 477 g/mol. The van der Waals surface area contributed by atoms with Crippen LogP contribution in [0.3, 0.4) is 0 Å². The number of rotatable bonds is 6. The molecule has 0 spiro atoms. The second-order valence-electron chi connectivity index (χ2n) is 7.95. The molecular formula is C22H22ClF2N5O3. The molecule has 2 heterocycles. The van der Waals surface area contributed by atoms with Gasteiger partial charge in [0.15, 0.2) is 23.3 Å². The Kier molecular flexibility index (Phi) is 6.73. The van der Waals surface area contributed by atoms with E-state index in [1.165, 1.54) is 25.3 Å². The minimum absolute atomic E-state index is 0.0152. The second kappa shape index (κ2) is 9.70. The molecule has 11 heteroatoms. The van der Waals surface area contributed by atoms with Crippen molar-refractivity contribution in [1.29, 1.82) is 0 Å². The fourth-order valence-corrected chi connectivity index (χ4v) is 4.01. The molecule has 1 fully saturated rings. The van der Waals surface area contributed by atoms with Gasteiger partial charge in [0.1, 0.15) is 11.5 Å². The van der Waals surface area contributed by atoms with Crippen molar-refractivity contribution in [1.82, 2.24) is 20.5 Å². The van der Waals surface area contributed by atoms with Crippen LogP contribution < -0.4 is 10.6 Å². The first-order valence-corrected chi connectivity index (χ1v) is 11.0. The van der Waals surface area contributed by atoms with Crippen molar-refractivity contribution in [3.8, 4) is 0 Å². The molecule has 4 rings (SSSR count). The van der Waals surface area contributed by atoms with Gasteiger partial charge < -0.3 is 15.1 Å². The number of anilines is 1. The van der Waals surface area contributed by atoms with Gasteiger partial charge in [-0.2, -0.15) is 5.10 Å². The standard InChI is InChI=1S/C22H22ClF2N5O3/c1-11-18(33-22(27-11)12-5-3-2-4-6-12)10-26-21(32)17-9-19(30-29-17)28-20(31)13-7-15(24)16(25)8-14(13)23/h7-9,12H,2-6,10H2,1H3,(H,26,32)(H2,28,29,30,31). The lowest BCUT2D eigenvalue weighted by Gasteiger charge is -2.17. The lowest BCUT2D eigenvalue weighted by Crippen LogP contribution is -2.23. The average Bonchev–Trinajstić information content (AvgIpc) is 3.41. The molecule has 0 bridgehead atoms. The molecule has 0 aliphatic heterocycles. The molecule has 33 heavy (non-hydrogen) atoms. The summed E-state index contributed by atoms with van der Waals surface area (Å²) in [7, 11) is 0. The molecule has 8 nitrogen and oxygen atoms in total. The molecule has 0 atom stereocenters. The van der Waals surface area contributed by atoms with Gasteiger partial charge in [0.25, 0.3) is 11.8 Å². The normalized spacial score (nSPS) is 14.3. The number of aromatic amines is 1. The molecule has 3 N–H and O–H groups in total. The van der Waals surface area contributed by atoms with E-state index < -0.39 is 23.4 Å². The highest BCUT2D eigenvalue weighted by atomic mass is 35.5. The van der Waals surface area contributed by atoms with Crippen molar-refractivity contribution in [2.24, 2.45) is 0 Å². The fourth-order valence-electron chi connectivity index (χ4n) is 3.78. The largest absolute Gasteiger partial charge is 0.443 e. The van der Waals surface area contributed by atoms with Gasteiger partial charge in [-0.05, 0) is 31.9 Å². The maximum Gasteiger partial charge on any atom is 0.269 e. The van der Waals surface area contributed by atoms with Crippen molar-refractivity contribution in [2.45, 2.75) is 51.5 Å². The highest BCUT2D eigenvalue weighted by molar-refractivity contribution is 6.34. The molecule has 2 aromatic heterocycles. The van der Waals surface area contributed by atoms with Gasteiger partial charge in [-0.1, -0.05) is 30.9 Å². The first-order chi connectivity index (χ1) is 15.8. The Morgan fingerprint density at radius 1 is 1.15 bits per heavy atom. The topological polar surface area (TPSA) is 113 Å². The molecule has 0 unspecified atom stereocenters. The van der Waals surface area contributed by atoms with Crippen molar-refractivity contribution in [3.05, 3.63) is 63.5 Å². The molecule has 2 amide bonds. The van der Waals surface area contributed by atoms with Gasteiger partial charge in [0.2, 0.25) is 0 Å². The Balaban J connectivity index is 1.36. The second-order valence-corrected chi connectivity index (χ2v) is 8.35. The Morgan fingerprint density at radius 3 is 2.64 bits per heavy atom. The van der Waals surface area contributed by atoms with Gasteiger partial charge in [-0.25, -0.2) is 13.8 Å². The van der Waals surface area contributed by atoms with Crippen molar-refractivity contribution in [2.75, 3.05) is 5.32 Å². The summed E-state index contributed by atoms with van der Waals surface area (Å²) in [5, 5.41) is 11.2. The number of halogens is 3. The quantitative estimate of drug-likeness (QED) is 0.438. The first kappa shape index (κ1) is 22.9. The number of nitrogens with one attached hydrogen (secondary N) is 3. The first-order valence-electron chi connectivity index (χ1n) is 10.6. The molecule has 0 saturated heterocycles. The van der Waals surface area contributed by atoms with Crippen LogP contribution in [-0.4, -0.2) is 27.0 Å². The number of aromatic nitrogens is 3. The van der Waals surface area contributed by atoms with E-state index in [4.69, 9.17) is 16.0 Å². The summed E-state index contributed by atoms with van der Waals surface area (Å²) in [5.74, 6) is -1.99. The zero-order chi connectivity index (χ0) is 23.5. The smallest absolute Gasteiger partial charge is 0.269 e. The summed E-state index contributed by atoms with van der Waals surface area (Å²) in [4.78, 5) is 29.3. The average molecular weight is 478 g/mol. The highest BCUT2D eigenvalue weighted by Gasteiger charge is 2.22. The Morgan fingerprint density at radius 2 is 1.88 bits per heavy atom. The lowest BCUT2D eigenvalue weighted by molar-refractivity contribution is 0.0941. The molecule has 1 aliphatic rings. The number of hydrogen-bond donors (Lipinski definition) is 3. The molecule has 3 aromatic rings. The highest BCUT2D eigenvalue weighted by Crippen LogP contribution is 2.33. The fraction of sp³-hybridized carbons (Fsp3) is 0.364. The minimum atomic E-state index is -1.21. The van der Waals surface area contributed by atoms with E-state index in [-0.39, 0.29) is 28.6 Å². The van der Waals surface area contributed by atoms with E-state index >= 15 is 0 Å². The third-order valence-electron chi connectivity index (χ3n) is 5.59. The minimum Gasteiger partial charge on any atom is -0.443 e. The number of amides is 2. The summed E-state index contributed by atoms with van der Waals surface area (Å²) in [5.41, 5.74) is 0.558. The van der Waals surface area contributed by atoms with Crippen LogP contribution in [0.15, 0.2) is 22.6 Å². The number of nitrogens with zero attached hydrogens (tertiary/aromatic N) is 2. The summed E-state index contributed by atoms with van der Waals surface area (Å²) in [6, 6.07) is 2.71. The van der Waals surface area contributed by atoms with Gasteiger partial charge in [-0.3, -0.25) is 14.7 Å². The van der Waals surface area contributed by atoms with E-state index in [0.717, 1.165) is 24.4 Å². The number of hydrogen-bond acceptors (Lipinski definition) is 5. The third-order valence-corrected chi connectivity index (χ3v) is 5.90. The van der Waals surface area contributed by atoms with Crippen LogP contribution in [-0.2, 0) is 6.54 Å². The van der Waals surface area contributed by atoms with Gasteiger partial charge in [0, 0.05) is 12.0 Å². The van der Waals surface area contributed by atoms with Crippen molar-refractivity contribution in [3.63, 3.8) is 0 Å². The maximum atomic E-state index is 13.4. The molecule has 1 aliphatic carbocycles. The lowest BCUT2D eigenvalue weighted by atomic mass is 9.89. The molecular weight excluding hydrogens is 456 g/mol. The summed E-state index contributed by atoms with van der Waals surface area (Å²) < 4.78 is 32.5. The Hall–Kier alpha value is -3.27. The number of carbonyl (C=O) groups excluding carboxylic acids is 2. The SMILES string of the molecule is Cc1nc(C2CCCCC2)oc1CNC(=O)c1cc(NC(=O)c2cc(F)c(F)cc2Cl)n[nH]1. The van der Waals surface area contributed by atoms with E-state index in [1.54, 1.807) is 0 Å². The maximum absolute atomic E-state index is 13.4. The molecule has 1 saturated carbocycles. The molecule has 0 radical (unpaired) electrons. The van der Waals surface area contributed by atoms with Gasteiger partial charge in [-0.15, -0.1) is 0 Å². The van der Waals surface area contributed by atoms with Crippen LogP contribution in [0.4, 0.5) is 14.6 Å². The Labute approximate surface area is 193 Å². The van der Waals surface area contributed by atoms with E-state index in [9.17, 15) is 18.4 Å². The van der Waals surface area contributed by atoms with Crippen LogP contribution in [0.1, 0.15) is 76.2 Å². The number of carbonyl (C=O) groups is 2. The summed E-state index contributed by atoms with van der Waals surface area (Å²) in [6.07, 6.45) is 5.69.